The summed E-state index contributed by atoms with van der Waals surface area (Å²) in [7, 11) is 0. The molecule has 1 N–H and O–H groups in total. The van der Waals surface area contributed by atoms with Gasteiger partial charge in [-0.05, 0) is 55.3 Å². The van der Waals surface area contributed by atoms with Crippen LogP contribution in [0, 0.1) is 20.8 Å². The van der Waals surface area contributed by atoms with Crippen LogP contribution in [-0.4, -0.2) is 6.54 Å². The summed E-state index contributed by atoms with van der Waals surface area (Å²) < 4.78 is 5.64. The molecule has 1 unspecified atom stereocenters. The second-order valence-electron chi connectivity index (χ2n) is 4.37. The fraction of sp³-hybridized carbons (Fsp3) is 0.429. The summed E-state index contributed by atoms with van der Waals surface area (Å²) >= 11 is 1.76. The Bertz CT molecular complexity index is 498. The summed E-state index contributed by atoms with van der Waals surface area (Å²) in [5.41, 5.74) is 3.96. The molecule has 0 bridgehead atoms. The van der Waals surface area contributed by atoms with E-state index in [1.807, 2.05) is 13.8 Å². The lowest BCUT2D eigenvalue weighted by atomic mass is 9.98. The van der Waals surface area contributed by atoms with Crippen molar-refractivity contribution in [1.82, 2.24) is 5.32 Å². The first kappa shape index (κ1) is 12.4. The first-order valence-corrected chi connectivity index (χ1v) is 6.90. The van der Waals surface area contributed by atoms with E-state index in [1.165, 1.54) is 16.7 Å². The molecule has 17 heavy (non-hydrogen) atoms. The van der Waals surface area contributed by atoms with Gasteiger partial charge in [0, 0.05) is 5.56 Å². The maximum absolute atomic E-state index is 5.64. The van der Waals surface area contributed by atoms with Crippen LogP contribution in [0.5, 0.6) is 0 Å². The van der Waals surface area contributed by atoms with Crippen LogP contribution in [0.2, 0.25) is 0 Å². The van der Waals surface area contributed by atoms with Crippen molar-refractivity contribution >= 4 is 11.3 Å². The molecule has 0 aliphatic rings. The van der Waals surface area contributed by atoms with Gasteiger partial charge in [-0.1, -0.05) is 6.92 Å². The van der Waals surface area contributed by atoms with E-state index in [4.69, 9.17) is 4.42 Å². The second kappa shape index (κ2) is 5.07. The first-order chi connectivity index (χ1) is 8.13. The summed E-state index contributed by atoms with van der Waals surface area (Å²) in [6.07, 6.45) is 0. The zero-order valence-corrected chi connectivity index (χ0v) is 11.6. The molecule has 2 aromatic rings. The summed E-state index contributed by atoms with van der Waals surface area (Å²) in [4.78, 5) is 0. The lowest BCUT2D eigenvalue weighted by Gasteiger charge is -2.17. The number of nitrogens with one attached hydrogen (secondary N) is 1. The van der Waals surface area contributed by atoms with Crippen molar-refractivity contribution < 1.29 is 4.42 Å². The zero-order chi connectivity index (χ0) is 12.4. The minimum Gasteiger partial charge on any atom is -0.466 e. The third-order valence-corrected chi connectivity index (χ3v) is 3.88. The van der Waals surface area contributed by atoms with Crippen molar-refractivity contribution in [3.8, 4) is 0 Å². The minimum atomic E-state index is 0.253. The molecule has 0 saturated carbocycles. The molecule has 3 heteroatoms. The van der Waals surface area contributed by atoms with Gasteiger partial charge in [-0.2, -0.15) is 11.3 Å². The largest absolute Gasteiger partial charge is 0.466 e. The van der Waals surface area contributed by atoms with Crippen molar-refractivity contribution in [3.63, 3.8) is 0 Å². The van der Waals surface area contributed by atoms with Gasteiger partial charge >= 0.3 is 0 Å². The van der Waals surface area contributed by atoms with Crippen LogP contribution in [0.1, 0.15) is 41.2 Å². The lowest BCUT2D eigenvalue weighted by molar-refractivity contribution is 0.495. The average Bonchev–Trinajstić information content (AvgIpc) is 2.82. The SMILES string of the molecule is CCNC(c1cscc1C)c1cc(C)oc1C. The van der Waals surface area contributed by atoms with Crippen molar-refractivity contribution in [2.24, 2.45) is 0 Å². The van der Waals surface area contributed by atoms with E-state index in [2.05, 4.69) is 36.0 Å². The number of hydrogen-bond acceptors (Lipinski definition) is 3. The van der Waals surface area contributed by atoms with Gasteiger partial charge in [-0.3, -0.25) is 0 Å². The molecule has 0 fully saturated rings. The molecular weight excluding hydrogens is 230 g/mol. The predicted octanol–water partition coefficient (Wildman–Crippen LogP) is 3.97. The molecule has 0 aliphatic heterocycles. The van der Waals surface area contributed by atoms with Gasteiger partial charge in [0.2, 0.25) is 0 Å². The molecule has 0 amide bonds. The van der Waals surface area contributed by atoms with Crippen LogP contribution in [0.3, 0.4) is 0 Å². The van der Waals surface area contributed by atoms with Crippen molar-refractivity contribution in [2.75, 3.05) is 6.54 Å². The van der Waals surface area contributed by atoms with Crippen LogP contribution >= 0.6 is 11.3 Å². The minimum absolute atomic E-state index is 0.253. The highest BCUT2D eigenvalue weighted by molar-refractivity contribution is 7.08. The average molecular weight is 249 g/mol. The third-order valence-electron chi connectivity index (χ3n) is 3.00. The quantitative estimate of drug-likeness (QED) is 0.887. The van der Waals surface area contributed by atoms with E-state index < -0.39 is 0 Å². The Morgan fingerprint density at radius 2 is 2.00 bits per heavy atom. The Hall–Kier alpha value is -1.06. The standard InChI is InChI=1S/C14H19NOS/c1-5-15-14(13-8-17-7-9(13)2)12-6-10(3)16-11(12)4/h6-8,14-15H,5H2,1-4H3. The molecule has 0 spiro atoms. The summed E-state index contributed by atoms with van der Waals surface area (Å²) in [5.74, 6) is 1.99. The Kier molecular flexibility index (Phi) is 3.69. The summed E-state index contributed by atoms with van der Waals surface area (Å²) in [6.45, 7) is 9.29. The smallest absolute Gasteiger partial charge is 0.106 e. The van der Waals surface area contributed by atoms with Gasteiger partial charge in [0.15, 0.2) is 0 Å². The van der Waals surface area contributed by atoms with Crippen LogP contribution < -0.4 is 5.32 Å². The topological polar surface area (TPSA) is 25.2 Å². The Balaban J connectivity index is 2.42. The van der Waals surface area contributed by atoms with E-state index in [1.54, 1.807) is 11.3 Å². The predicted molar refractivity (Wildman–Crippen MR) is 72.8 cm³/mol. The highest BCUT2D eigenvalue weighted by atomic mass is 32.1. The van der Waals surface area contributed by atoms with Crippen LogP contribution in [-0.2, 0) is 0 Å². The van der Waals surface area contributed by atoms with Crippen molar-refractivity contribution in [2.45, 2.75) is 33.7 Å². The molecular formula is C14H19NOS. The Morgan fingerprint density at radius 1 is 1.24 bits per heavy atom. The summed E-state index contributed by atoms with van der Waals surface area (Å²) in [5, 5.41) is 7.97. The lowest BCUT2D eigenvalue weighted by Crippen LogP contribution is -2.22. The molecule has 92 valence electrons. The van der Waals surface area contributed by atoms with Gasteiger partial charge in [0.25, 0.3) is 0 Å². The zero-order valence-electron chi connectivity index (χ0n) is 10.8. The Morgan fingerprint density at radius 3 is 2.47 bits per heavy atom. The number of furan rings is 1. The molecule has 2 heterocycles. The van der Waals surface area contributed by atoms with Crippen molar-refractivity contribution in [3.05, 3.63) is 45.0 Å². The van der Waals surface area contributed by atoms with Crippen molar-refractivity contribution in [1.29, 1.82) is 0 Å². The molecule has 2 nitrogen and oxygen atoms in total. The fourth-order valence-electron chi connectivity index (χ4n) is 2.19. The highest BCUT2D eigenvalue weighted by Crippen LogP contribution is 2.31. The normalized spacial score (nSPS) is 12.9. The van der Waals surface area contributed by atoms with E-state index >= 15 is 0 Å². The monoisotopic (exact) mass is 249 g/mol. The molecule has 0 radical (unpaired) electrons. The third kappa shape index (κ3) is 2.45. The van der Waals surface area contributed by atoms with Gasteiger partial charge in [-0.15, -0.1) is 0 Å². The molecule has 1 atom stereocenters. The van der Waals surface area contributed by atoms with E-state index in [-0.39, 0.29) is 6.04 Å². The molecule has 0 saturated heterocycles. The van der Waals surface area contributed by atoms with E-state index in [0.29, 0.717) is 0 Å². The molecule has 2 rings (SSSR count). The number of rotatable bonds is 4. The van der Waals surface area contributed by atoms with Gasteiger partial charge < -0.3 is 9.73 Å². The highest BCUT2D eigenvalue weighted by Gasteiger charge is 2.20. The first-order valence-electron chi connectivity index (χ1n) is 5.96. The number of thiophene rings is 1. The van der Waals surface area contributed by atoms with Gasteiger partial charge in [0.1, 0.15) is 11.5 Å². The van der Waals surface area contributed by atoms with E-state index in [9.17, 15) is 0 Å². The van der Waals surface area contributed by atoms with Crippen LogP contribution in [0.4, 0.5) is 0 Å². The maximum Gasteiger partial charge on any atom is 0.106 e. The fourth-order valence-corrected chi connectivity index (χ4v) is 3.07. The van der Waals surface area contributed by atoms with Gasteiger partial charge in [-0.25, -0.2) is 0 Å². The van der Waals surface area contributed by atoms with Gasteiger partial charge in [0.05, 0.1) is 6.04 Å². The van der Waals surface area contributed by atoms with Crippen LogP contribution in [0.25, 0.3) is 0 Å². The molecule has 0 aliphatic carbocycles. The van der Waals surface area contributed by atoms with Crippen LogP contribution in [0.15, 0.2) is 21.2 Å². The number of aryl methyl sites for hydroxylation is 3. The number of hydrogen-bond donors (Lipinski definition) is 1. The van der Waals surface area contributed by atoms with E-state index in [0.717, 1.165) is 18.1 Å². The summed E-state index contributed by atoms with van der Waals surface area (Å²) in [6, 6.07) is 2.39. The Labute approximate surface area is 107 Å². The maximum atomic E-state index is 5.64. The molecule has 2 aromatic heterocycles. The molecule has 0 aromatic carbocycles. The second-order valence-corrected chi connectivity index (χ2v) is 5.11.